The van der Waals surface area contributed by atoms with Crippen molar-refractivity contribution in [3.63, 3.8) is 0 Å². The van der Waals surface area contributed by atoms with Gasteiger partial charge in [0, 0.05) is 43.0 Å². The SMILES string of the molecule is CSc1cccc(N2CCN(Cc3cncn3Cc3ccc(C#N)cc3)CC2=O)c1.Cl.Cl. The average Bonchev–Trinajstić information content (AvgIpc) is 3.21. The van der Waals surface area contributed by atoms with Crippen molar-refractivity contribution in [3.05, 3.63) is 77.9 Å². The van der Waals surface area contributed by atoms with Gasteiger partial charge in [0.1, 0.15) is 0 Å². The van der Waals surface area contributed by atoms with E-state index in [0.29, 0.717) is 31.7 Å². The van der Waals surface area contributed by atoms with Crippen LogP contribution in [-0.2, 0) is 17.9 Å². The molecular formula is C23H25Cl2N5OS. The number of carbonyl (C=O) groups is 1. The summed E-state index contributed by atoms with van der Waals surface area (Å²) in [4.78, 5) is 22.3. The molecule has 1 aromatic heterocycles. The van der Waals surface area contributed by atoms with Gasteiger partial charge >= 0.3 is 0 Å². The Kier molecular flexibility index (Phi) is 9.60. The second kappa shape index (κ2) is 11.9. The van der Waals surface area contributed by atoms with E-state index in [2.05, 4.69) is 32.7 Å². The first kappa shape index (κ1) is 25.8. The third kappa shape index (κ3) is 6.05. The third-order valence-corrected chi connectivity index (χ3v) is 6.01. The van der Waals surface area contributed by atoms with Crippen LogP contribution < -0.4 is 4.90 Å². The summed E-state index contributed by atoms with van der Waals surface area (Å²) in [6, 6.07) is 17.9. The summed E-state index contributed by atoms with van der Waals surface area (Å²) in [7, 11) is 0. The van der Waals surface area contributed by atoms with Crippen molar-refractivity contribution in [3.8, 4) is 6.07 Å². The van der Waals surface area contributed by atoms with E-state index >= 15 is 0 Å². The maximum absolute atomic E-state index is 12.8. The lowest BCUT2D eigenvalue weighted by molar-refractivity contribution is -0.121. The number of thioether (sulfide) groups is 1. The Hall–Kier alpha value is -2.50. The highest BCUT2D eigenvalue weighted by Crippen LogP contribution is 2.24. The molecule has 0 unspecified atom stereocenters. The van der Waals surface area contributed by atoms with E-state index in [-0.39, 0.29) is 30.7 Å². The zero-order chi connectivity index (χ0) is 20.9. The predicted octanol–water partition coefficient (Wildman–Crippen LogP) is 4.22. The van der Waals surface area contributed by atoms with Gasteiger partial charge in [0.2, 0.25) is 5.91 Å². The standard InChI is InChI=1S/C23H23N5OS.2ClH/c1-30-22-4-2-3-20(11-22)28-10-9-26(16-23(28)29)15-21-13-25-17-27(21)14-19-7-5-18(12-24)6-8-19;;/h2-8,11,13,17H,9-10,14-16H2,1H3;2*1H. The summed E-state index contributed by atoms with van der Waals surface area (Å²) in [5.41, 5.74) is 3.81. The van der Waals surface area contributed by atoms with E-state index in [1.165, 1.54) is 0 Å². The fraction of sp³-hybridized carbons (Fsp3) is 0.261. The second-order valence-electron chi connectivity index (χ2n) is 7.28. The number of rotatable bonds is 6. The number of aromatic nitrogens is 2. The number of imidazole rings is 1. The second-order valence-corrected chi connectivity index (χ2v) is 8.16. The lowest BCUT2D eigenvalue weighted by atomic mass is 10.1. The van der Waals surface area contributed by atoms with Gasteiger partial charge in [-0.3, -0.25) is 9.69 Å². The zero-order valence-corrected chi connectivity index (χ0v) is 20.1. The minimum atomic E-state index is 0. The first-order chi connectivity index (χ1) is 14.7. The number of carbonyl (C=O) groups excluding carboxylic acids is 1. The first-order valence-electron chi connectivity index (χ1n) is 9.81. The molecule has 3 aromatic rings. The molecule has 1 aliphatic rings. The van der Waals surface area contributed by atoms with Crippen LogP contribution in [0.5, 0.6) is 0 Å². The van der Waals surface area contributed by atoms with Gasteiger partial charge in [-0.15, -0.1) is 36.6 Å². The minimum absolute atomic E-state index is 0. The number of halogens is 2. The molecule has 4 rings (SSSR count). The summed E-state index contributed by atoms with van der Waals surface area (Å²) in [5, 5.41) is 8.95. The number of hydrogen-bond donors (Lipinski definition) is 0. The van der Waals surface area contributed by atoms with Gasteiger partial charge in [-0.1, -0.05) is 18.2 Å². The van der Waals surface area contributed by atoms with Gasteiger partial charge < -0.3 is 9.47 Å². The molecule has 2 aromatic carbocycles. The van der Waals surface area contributed by atoms with Crippen LogP contribution in [0.25, 0.3) is 0 Å². The van der Waals surface area contributed by atoms with Gasteiger partial charge in [-0.05, 0) is 42.2 Å². The number of benzene rings is 2. The summed E-state index contributed by atoms with van der Waals surface area (Å²) in [6.45, 7) is 3.26. The van der Waals surface area contributed by atoms with Crippen LogP contribution in [0.15, 0.2) is 66.0 Å². The molecular weight excluding hydrogens is 465 g/mol. The van der Waals surface area contributed by atoms with E-state index in [9.17, 15) is 4.79 Å². The number of nitrogens with zero attached hydrogens (tertiary/aromatic N) is 5. The fourth-order valence-corrected chi connectivity index (χ4v) is 4.09. The lowest BCUT2D eigenvalue weighted by Crippen LogP contribution is -2.50. The highest BCUT2D eigenvalue weighted by Gasteiger charge is 2.25. The minimum Gasteiger partial charge on any atom is -0.329 e. The van der Waals surface area contributed by atoms with Crippen molar-refractivity contribution in [1.29, 1.82) is 5.26 Å². The Bertz CT molecular complexity index is 1080. The summed E-state index contributed by atoms with van der Waals surface area (Å²) in [5.74, 6) is 0.123. The van der Waals surface area contributed by atoms with Gasteiger partial charge in [-0.2, -0.15) is 5.26 Å². The number of piperazine rings is 1. The molecule has 2 heterocycles. The third-order valence-electron chi connectivity index (χ3n) is 5.28. The molecule has 0 aliphatic carbocycles. The maximum atomic E-state index is 12.8. The largest absolute Gasteiger partial charge is 0.329 e. The van der Waals surface area contributed by atoms with Gasteiger partial charge in [0.25, 0.3) is 0 Å². The predicted molar refractivity (Wildman–Crippen MR) is 133 cm³/mol. The van der Waals surface area contributed by atoms with Crippen LogP contribution in [0, 0.1) is 11.3 Å². The van der Waals surface area contributed by atoms with E-state index in [4.69, 9.17) is 5.26 Å². The Morgan fingerprint density at radius 1 is 1.09 bits per heavy atom. The van der Waals surface area contributed by atoms with Crippen LogP contribution in [0.4, 0.5) is 5.69 Å². The van der Waals surface area contributed by atoms with Crippen molar-refractivity contribution in [1.82, 2.24) is 14.5 Å². The summed E-state index contributed by atoms with van der Waals surface area (Å²) >= 11 is 1.68. The van der Waals surface area contributed by atoms with E-state index < -0.39 is 0 Å². The Morgan fingerprint density at radius 3 is 2.56 bits per heavy atom. The average molecular weight is 490 g/mol. The highest BCUT2D eigenvalue weighted by atomic mass is 35.5. The number of hydrogen-bond acceptors (Lipinski definition) is 5. The smallest absolute Gasteiger partial charge is 0.241 e. The lowest BCUT2D eigenvalue weighted by Gasteiger charge is -2.34. The van der Waals surface area contributed by atoms with E-state index in [1.54, 1.807) is 11.8 Å². The van der Waals surface area contributed by atoms with Crippen LogP contribution >= 0.6 is 36.6 Å². The van der Waals surface area contributed by atoms with Crippen LogP contribution in [0.2, 0.25) is 0 Å². The maximum Gasteiger partial charge on any atom is 0.241 e. The van der Waals surface area contributed by atoms with E-state index in [0.717, 1.165) is 28.4 Å². The molecule has 0 atom stereocenters. The van der Waals surface area contributed by atoms with Crippen LogP contribution in [0.3, 0.4) is 0 Å². The normalized spacial score (nSPS) is 13.8. The fourth-order valence-electron chi connectivity index (χ4n) is 3.64. The van der Waals surface area contributed by atoms with Crippen LogP contribution in [0.1, 0.15) is 16.8 Å². The molecule has 6 nitrogen and oxygen atoms in total. The summed E-state index contributed by atoms with van der Waals surface area (Å²) in [6.07, 6.45) is 5.72. The zero-order valence-electron chi connectivity index (χ0n) is 17.7. The van der Waals surface area contributed by atoms with Crippen LogP contribution in [-0.4, -0.2) is 46.2 Å². The van der Waals surface area contributed by atoms with Gasteiger partial charge in [0.15, 0.2) is 0 Å². The quantitative estimate of drug-likeness (QED) is 0.485. The molecule has 1 aliphatic heterocycles. The molecule has 0 N–H and O–H groups in total. The molecule has 0 bridgehead atoms. The Labute approximate surface area is 205 Å². The van der Waals surface area contributed by atoms with Gasteiger partial charge in [-0.25, -0.2) is 4.98 Å². The topological polar surface area (TPSA) is 65.2 Å². The van der Waals surface area contributed by atoms with Crippen molar-refractivity contribution in [2.45, 2.75) is 18.0 Å². The van der Waals surface area contributed by atoms with Gasteiger partial charge in [0.05, 0.1) is 30.2 Å². The van der Waals surface area contributed by atoms with Crippen molar-refractivity contribution >= 4 is 48.2 Å². The number of nitriles is 1. The number of anilines is 1. The van der Waals surface area contributed by atoms with Crippen molar-refractivity contribution < 1.29 is 4.79 Å². The molecule has 1 saturated heterocycles. The molecule has 168 valence electrons. The first-order valence-corrected chi connectivity index (χ1v) is 11.0. The molecule has 1 fully saturated rings. The van der Waals surface area contributed by atoms with E-state index in [1.807, 2.05) is 60.1 Å². The highest BCUT2D eigenvalue weighted by molar-refractivity contribution is 7.98. The molecule has 0 radical (unpaired) electrons. The van der Waals surface area contributed by atoms with Crippen molar-refractivity contribution in [2.24, 2.45) is 0 Å². The Balaban J connectivity index is 0.00000181. The molecule has 32 heavy (non-hydrogen) atoms. The number of amides is 1. The molecule has 0 spiro atoms. The monoisotopic (exact) mass is 489 g/mol. The van der Waals surface area contributed by atoms with Crippen molar-refractivity contribution in [2.75, 3.05) is 30.8 Å². The Morgan fingerprint density at radius 2 is 1.88 bits per heavy atom. The summed E-state index contributed by atoms with van der Waals surface area (Å²) < 4.78 is 2.10. The molecule has 0 saturated carbocycles. The molecule has 1 amide bonds. The molecule has 9 heteroatoms.